The van der Waals surface area contributed by atoms with E-state index in [2.05, 4.69) is 28.9 Å². The van der Waals surface area contributed by atoms with Gasteiger partial charge in [-0.2, -0.15) is 0 Å². The molecule has 2 bridgehead atoms. The van der Waals surface area contributed by atoms with Crippen LogP contribution in [0.1, 0.15) is 42.5 Å². The van der Waals surface area contributed by atoms with Crippen LogP contribution in [0.4, 0.5) is 5.82 Å². The Morgan fingerprint density at radius 2 is 2.00 bits per heavy atom. The van der Waals surface area contributed by atoms with Crippen molar-refractivity contribution in [3.63, 3.8) is 0 Å². The number of fused-ring (bicyclic) bond motifs is 2. The van der Waals surface area contributed by atoms with Crippen LogP contribution in [0.5, 0.6) is 0 Å². The number of aliphatic hydroxyl groups is 2. The van der Waals surface area contributed by atoms with E-state index in [1.807, 2.05) is 30.3 Å². The van der Waals surface area contributed by atoms with Gasteiger partial charge in [0.25, 0.3) is 0 Å². The summed E-state index contributed by atoms with van der Waals surface area (Å²) in [5.74, 6) is 8.30. The molecule has 162 valence electrons. The van der Waals surface area contributed by atoms with Gasteiger partial charge in [0, 0.05) is 32.2 Å². The van der Waals surface area contributed by atoms with Gasteiger partial charge in [0.05, 0.1) is 11.8 Å². The van der Waals surface area contributed by atoms with E-state index >= 15 is 0 Å². The summed E-state index contributed by atoms with van der Waals surface area (Å²) < 4.78 is 5.39. The molecule has 0 amide bonds. The Hall–Kier alpha value is -2.39. The highest BCUT2D eigenvalue weighted by Gasteiger charge is 2.49. The van der Waals surface area contributed by atoms with Gasteiger partial charge in [-0.05, 0) is 55.2 Å². The molecule has 5 nitrogen and oxygen atoms in total. The molecule has 3 fully saturated rings. The summed E-state index contributed by atoms with van der Waals surface area (Å²) >= 11 is 0. The second-order valence-corrected chi connectivity index (χ2v) is 9.33. The first-order chi connectivity index (χ1) is 15.0. The van der Waals surface area contributed by atoms with Crippen LogP contribution in [0.15, 0.2) is 42.5 Å². The minimum atomic E-state index is -0.851. The fourth-order valence-corrected chi connectivity index (χ4v) is 5.51. The Morgan fingerprint density at radius 1 is 1.16 bits per heavy atom. The number of nitrogens with zero attached hydrogens (tertiary/aromatic N) is 2. The van der Waals surface area contributed by atoms with Crippen LogP contribution in [0.3, 0.4) is 0 Å². The molecule has 3 aliphatic rings. The van der Waals surface area contributed by atoms with Crippen molar-refractivity contribution in [2.45, 2.75) is 49.9 Å². The van der Waals surface area contributed by atoms with E-state index in [0.717, 1.165) is 36.3 Å². The quantitative estimate of drug-likeness (QED) is 0.748. The Morgan fingerprint density at radius 3 is 2.68 bits per heavy atom. The van der Waals surface area contributed by atoms with Crippen LogP contribution in [0, 0.1) is 23.7 Å². The van der Waals surface area contributed by atoms with Gasteiger partial charge in [0.2, 0.25) is 0 Å². The molecule has 5 unspecified atom stereocenters. The van der Waals surface area contributed by atoms with E-state index in [-0.39, 0.29) is 6.10 Å². The number of aromatic nitrogens is 1. The monoisotopic (exact) mass is 418 g/mol. The molecule has 5 heteroatoms. The molecule has 0 radical (unpaired) electrons. The first kappa shape index (κ1) is 20.5. The summed E-state index contributed by atoms with van der Waals surface area (Å²) in [6, 6.07) is 14.2. The number of anilines is 1. The SMILES string of the molecule is COC1CN(c2ccc(C#CC3(O)CC4CCC3C4)c(Cc3ccccc3)n2)CC1O. The molecule has 1 aromatic carbocycles. The van der Waals surface area contributed by atoms with Crippen molar-refractivity contribution in [1.82, 2.24) is 4.98 Å². The van der Waals surface area contributed by atoms with Gasteiger partial charge in [-0.1, -0.05) is 42.2 Å². The smallest absolute Gasteiger partial charge is 0.129 e. The van der Waals surface area contributed by atoms with E-state index in [9.17, 15) is 10.2 Å². The van der Waals surface area contributed by atoms with Crippen molar-refractivity contribution in [3.05, 3.63) is 59.3 Å². The lowest BCUT2D eigenvalue weighted by molar-refractivity contribution is 0.0217. The topological polar surface area (TPSA) is 65.8 Å². The van der Waals surface area contributed by atoms with Gasteiger partial charge in [0.15, 0.2) is 0 Å². The number of hydrogen-bond acceptors (Lipinski definition) is 5. The Kier molecular flexibility index (Phi) is 5.47. The maximum atomic E-state index is 11.1. The molecular formula is C26H30N2O3. The summed E-state index contributed by atoms with van der Waals surface area (Å²) in [6.07, 6.45) is 4.18. The number of methoxy groups -OCH3 is 1. The fourth-order valence-electron chi connectivity index (χ4n) is 5.51. The van der Waals surface area contributed by atoms with Crippen molar-refractivity contribution in [3.8, 4) is 11.8 Å². The molecule has 5 rings (SSSR count). The summed E-state index contributed by atoms with van der Waals surface area (Å²) in [4.78, 5) is 7.01. The zero-order valence-electron chi connectivity index (χ0n) is 18.0. The van der Waals surface area contributed by atoms with E-state index in [1.54, 1.807) is 7.11 Å². The first-order valence-electron chi connectivity index (χ1n) is 11.3. The zero-order chi connectivity index (χ0) is 21.4. The number of aliphatic hydroxyl groups excluding tert-OH is 1. The van der Waals surface area contributed by atoms with Crippen molar-refractivity contribution in [1.29, 1.82) is 0 Å². The third-order valence-corrected chi connectivity index (χ3v) is 7.27. The maximum Gasteiger partial charge on any atom is 0.129 e. The lowest BCUT2D eigenvalue weighted by Crippen LogP contribution is -2.33. The Bertz CT molecular complexity index is 999. The van der Waals surface area contributed by atoms with Crippen molar-refractivity contribution in [2.24, 2.45) is 11.8 Å². The van der Waals surface area contributed by atoms with Gasteiger partial charge in [-0.15, -0.1) is 0 Å². The summed E-state index contributed by atoms with van der Waals surface area (Å²) in [6.45, 7) is 1.12. The van der Waals surface area contributed by atoms with Crippen molar-refractivity contribution < 1.29 is 14.9 Å². The van der Waals surface area contributed by atoms with Crippen molar-refractivity contribution in [2.75, 3.05) is 25.1 Å². The van der Waals surface area contributed by atoms with Crippen LogP contribution in [0.25, 0.3) is 0 Å². The maximum absolute atomic E-state index is 11.1. The average Bonchev–Trinajstić information content (AvgIpc) is 3.48. The highest BCUT2D eigenvalue weighted by atomic mass is 16.5. The predicted octanol–water partition coefficient (Wildman–Crippen LogP) is 2.77. The summed E-state index contributed by atoms with van der Waals surface area (Å²) in [5.41, 5.74) is 2.09. The van der Waals surface area contributed by atoms with Gasteiger partial charge >= 0.3 is 0 Å². The van der Waals surface area contributed by atoms with E-state index in [0.29, 0.717) is 31.3 Å². The van der Waals surface area contributed by atoms with E-state index in [1.165, 1.54) is 12.0 Å². The fraction of sp³-hybridized carbons (Fsp3) is 0.500. The third kappa shape index (κ3) is 4.08. The van der Waals surface area contributed by atoms with Gasteiger partial charge in [-0.3, -0.25) is 0 Å². The molecule has 5 atom stereocenters. The average molecular weight is 419 g/mol. The second kappa shape index (κ2) is 8.27. The highest BCUT2D eigenvalue weighted by molar-refractivity contribution is 5.50. The molecule has 2 aliphatic carbocycles. The number of pyridine rings is 1. The number of β-amino-alcohol motifs (C(OH)–C–C–N with tert-alkyl or cyclic N) is 1. The molecular weight excluding hydrogens is 388 g/mol. The standard InChI is InChI=1S/C26H30N2O3/c1-31-24-17-28(16-23(24)29)25-10-8-20(22(27-25)14-18-5-3-2-4-6-18)11-12-26(30)15-19-7-9-21(26)13-19/h2-6,8,10,19,21,23-24,29-30H,7,9,13-17H2,1H3. The second-order valence-electron chi connectivity index (χ2n) is 9.33. The number of rotatable bonds is 4. The number of ether oxygens (including phenoxy) is 1. The highest BCUT2D eigenvalue weighted by Crippen LogP contribution is 2.50. The molecule has 1 saturated heterocycles. The van der Waals surface area contributed by atoms with Crippen LogP contribution in [-0.4, -0.2) is 53.2 Å². The number of benzene rings is 1. The zero-order valence-corrected chi connectivity index (χ0v) is 18.0. The third-order valence-electron chi connectivity index (χ3n) is 7.27. The van der Waals surface area contributed by atoms with Crippen LogP contribution >= 0.6 is 0 Å². The molecule has 1 aliphatic heterocycles. The predicted molar refractivity (Wildman–Crippen MR) is 120 cm³/mol. The summed E-state index contributed by atoms with van der Waals surface area (Å²) in [5, 5.41) is 21.3. The molecule has 0 spiro atoms. The molecule has 1 aromatic heterocycles. The Labute approximate surface area is 184 Å². The molecule has 2 saturated carbocycles. The number of hydrogen-bond donors (Lipinski definition) is 2. The van der Waals surface area contributed by atoms with Crippen LogP contribution < -0.4 is 4.90 Å². The Balaban J connectivity index is 1.45. The minimum Gasteiger partial charge on any atom is -0.388 e. The lowest BCUT2D eigenvalue weighted by atomic mass is 9.84. The minimum absolute atomic E-state index is 0.203. The molecule has 2 N–H and O–H groups in total. The first-order valence-corrected chi connectivity index (χ1v) is 11.3. The van der Waals surface area contributed by atoms with Gasteiger partial charge < -0.3 is 19.8 Å². The van der Waals surface area contributed by atoms with Crippen LogP contribution in [0.2, 0.25) is 0 Å². The summed E-state index contributed by atoms with van der Waals surface area (Å²) in [7, 11) is 1.63. The van der Waals surface area contributed by atoms with Gasteiger partial charge in [-0.25, -0.2) is 4.98 Å². The largest absolute Gasteiger partial charge is 0.388 e. The van der Waals surface area contributed by atoms with Crippen LogP contribution in [-0.2, 0) is 11.2 Å². The normalized spacial score (nSPS) is 31.6. The van der Waals surface area contributed by atoms with Gasteiger partial charge in [0.1, 0.15) is 17.5 Å². The molecule has 31 heavy (non-hydrogen) atoms. The molecule has 2 aromatic rings. The van der Waals surface area contributed by atoms with E-state index < -0.39 is 11.7 Å². The molecule has 2 heterocycles. The van der Waals surface area contributed by atoms with Crippen molar-refractivity contribution >= 4 is 5.82 Å². The van der Waals surface area contributed by atoms with E-state index in [4.69, 9.17) is 9.72 Å². The lowest BCUT2D eigenvalue weighted by Gasteiger charge is -2.26.